The zero-order valence-corrected chi connectivity index (χ0v) is 14.1. The maximum atomic E-state index is 6.12. The maximum absolute atomic E-state index is 6.12. The topological polar surface area (TPSA) is 42.7 Å². The summed E-state index contributed by atoms with van der Waals surface area (Å²) in [6.45, 7) is 4.19. The molecule has 5 heteroatoms. The monoisotopic (exact) mass is 322 g/mol. The predicted octanol–water partition coefficient (Wildman–Crippen LogP) is 3.18. The molecule has 0 bridgehead atoms. The molecule has 1 saturated heterocycles. The molecule has 0 spiro atoms. The molecule has 0 amide bonds. The molecule has 0 radical (unpaired) electrons. The number of rotatable bonds is 3. The first-order valence-electron chi connectivity index (χ1n) is 8.46. The van der Waals surface area contributed by atoms with Crippen molar-refractivity contribution < 1.29 is 4.74 Å². The summed E-state index contributed by atoms with van der Waals surface area (Å²) in [5, 5.41) is 4.67. The van der Waals surface area contributed by atoms with E-state index in [9.17, 15) is 0 Å². The van der Waals surface area contributed by atoms with Crippen LogP contribution in [-0.4, -0.2) is 45.7 Å². The van der Waals surface area contributed by atoms with Gasteiger partial charge in [-0.05, 0) is 45.5 Å². The van der Waals surface area contributed by atoms with Gasteiger partial charge in [0.05, 0.1) is 11.9 Å². The number of fused-ring (bicyclic) bond motifs is 1. The fraction of sp³-hybridized carbons (Fsp3) is 0.368. The number of likely N-dealkylation sites (N-methyl/N-ethyl adjacent to an activating group) is 1. The van der Waals surface area contributed by atoms with E-state index in [2.05, 4.69) is 53.2 Å². The number of hydrogen-bond acceptors (Lipinski definition) is 4. The Balaban J connectivity index is 1.66. The van der Waals surface area contributed by atoms with Gasteiger partial charge >= 0.3 is 0 Å². The van der Waals surface area contributed by atoms with E-state index in [1.807, 2.05) is 22.8 Å². The lowest BCUT2D eigenvalue weighted by Gasteiger charge is -2.29. The highest BCUT2D eigenvalue weighted by atomic mass is 16.5. The van der Waals surface area contributed by atoms with Crippen molar-refractivity contribution in [3.05, 3.63) is 48.2 Å². The van der Waals surface area contributed by atoms with Crippen molar-refractivity contribution in [3.63, 3.8) is 0 Å². The SMILES string of the molecule is Cc1cccc(-c2cnc3ccc(OC4CCCN(C)C4)nn23)c1. The Bertz CT molecular complexity index is 857. The third-order valence-electron chi connectivity index (χ3n) is 4.52. The Morgan fingerprint density at radius 3 is 2.96 bits per heavy atom. The zero-order valence-electron chi connectivity index (χ0n) is 14.1. The van der Waals surface area contributed by atoms with Crippen LogP contribution >= 0.6 is 0 Å². The molecule has 1 atom stereocenters. The molecule has 24 heavy (non-hydrogen) atoms. The van der Waals surface area contributed by atoms with Crippen molar-refractivity contribution in [1.29, 1.82) is 0 Å². The van der Waals surface area contributed by atoms with Crippen molar-refractivity contribution >= 4 is 5.65 Å². The summed E-state index contributed by atoms with van der Waals surface area (Å²) in [5.74, 6) is 0.662. The van der Waals surface area contributed by atoms with Crippen LogP contribution < -0.4 is 4.74 Å². The molecule has 5 nitrogen and oxygen atoms in total. The van der Waals surface area contributed by atoms with Crippen LogP contribution in [0.5, 0.6) is 5.88 Å². The highest BCUT2D eigenvalue weighted by Crippen LogP contribution is 2.23. The number of imidazole rings is 1. The molecular weight excluding hydrogens is 300 g/mol. The van der Waals surface area contributed by atoms with Crippen LogP contribution in [0.3, 0.4) is 0 Å². The lowest BCUT2D eigenvalue weighted by molar-refractivity contribution is 0.0988. The van der Waals surface area contributed by atoms with Crippen molar-refractivity contribution in [2.45, 2.75) is 25.9 Å². The molecular formula is C19H22N4O. The van der Waals surface area contributed by atoms with Crippen LogP contribution in [0.1, 0.15) is 18.4 Å². The van der Waals surface area contributed by atoms with Crippen LogP contribution in [0.4, 0.5) is 0 Å². The summed E-state index contributed by atoms with van der Waals surface area (Å²) in [7, 11) is 2.14. The van der Waals surface area contributed by atoms with E-state index in [0.29, 0.717) is 5.88 Å². The van der Waals surface area contributed by atoms with Gasteiger partial charge in [-0.25, -0.2) is 9.50 Å². The zero-order chi connectivity index (χ0) is 16.5. The summed E-state index contributed by atoms with van der Waals surface area (Å²) < 4.78 is 7.99. The molecule has 1 aromatic carbocycles. The lowest BCUT2D eigenvalue weighted by Crippen LogP contribution is -2.38. The largest absolute Gasteiger partial charge is 0.472 e. The van der Waals surface area contributed by atoms with Crippen molar-refractivity contribution in [2.24, 2.45) is 0 Å². The molecule has 4 rings (SSSR count). The molecule has 0 saturated carbocycles. The number of likely N-dealkylation sites (tertiary alicyclic amines) is 1. The van der Waals surface area contributed by atoms with Gasteiger partial charge in [0.1, 0.15) is 6.10 Å². The lowest BCUT2D eigenvalue weighted by atomic mass is 10.1. The molecule has 1 aliphatic rings. The first-order valence-corrected chi connectivity index (χ1v) is 8.46. The van der Waals surface area contributed by atoms with Crippen molar-refractivity contribution in [1.82, 2.24) is 19.5 Å². The summed E-state index contributed by atoms with van der Waals surface area (Å²) >= 11 is 0. The first kappa shape index (κ1) is 15.1. The number of hydrogen-bond donors (Lipinski definition) is 0. The number of aromatic nitrogens is 3. The molecule has 3 heterocycles. The number of benzene rings is 1. The molecule has 2 aromatic heterocycles. The number of piperidine rings is 1. The van der Waals surface area contributed by atoms with Crippen LogP contribution in [0.2, 0.25) is 0 Å². The highest BCUT2D eigenvalue weighted by Gasteiger charge is 2.19. The Kier molecular flexibility index (Phi) is 3.94. The quantitative estimate of drug-likeness (QED) is 0.743. The standard InChI is InChI=1S/C19H22N4O/c1-14-5-3-6-15(11-14)17-12-20-18-8-9-19(21-23(17)18)24-16-7-4-10-22(2)13-16/h3,5-6,8-9,11-12,16H,4,7,10,13H2,1-2H3. The Morgan fingerprint density at radius 2 is 2.12 bits per heavy atom. The minimum absolute atomic E-state index is 0.208. The third kappa shape index (κ3) is 2.99. The van der Waals surface area contributed by atoms with Gasteiger partial charge in [-0.1, -0.05) is 23.8 Å². The van der Waals surface area contributed by atoms with Gasteiger partial charge in [-0.2, -0.15) is 0 Å². The fourth-order valence-electron chi connectivity index (χ4n) is 3.31. The van der Waals surface area contributed by atoms with Crippen LogP contribution in [0.15, 0.2) is 42.6 Å². The summed E-state index contributed by atoms with van der Waals surface area (Å²) in [6.07, 6.45) is 4.33. The van der Waals surface area contributed by atoms with Gasteiger partial charge in [0, 0.05) is 18.2 Å². The van der Waals surface area contributed by atoms with Crippen LogP contribution in [0, 0.1) is 6.92 Å². The van der Waals surface area contributed by atoms with Crippen LogP contribution in [0.25, 0.3) is 16.9 Å². The number of aryl methyl sites for hydroxylation is 1. The number of ether oxygens (including phenoxy) is 1. The summed E-state index contributed by atoms with van der Waals surface area (Å²) in [4.78, 5) is 6.77. The van der Waals surface area contributed by atoms with Gasteiger partial charge < -0.3 is 9.64 Å². The Morgan fingerprint density at radius 1 is 1.21 bits per heavy atom. The minimum atomic E-state index is 0.208. The Hall–Kier alpha value is -2.40. The molecule has 3 aromatic rings. The smallest absolute Gasteiger partial charge is 0.232 e. The molecule has 1 fully saturated rings. The fourth-order valence-corrected chi connectivity index (χ4v) is 3.31. The van der Waals surface area contributed by atoms with E-state index in [0.717, 1.165) is 36.4 Å². The van der Waals surface area contributed by atoms with E-state index in [1.165, 1.54) is 12.0 Å². The van der Waals surface area contributed by atoms with Crippen molar-refractivity contribution in [3.8, 4) is 17.1 Å². The van der Waals surface area contributed by atoms with Crippen LogP contribution in [-0.2, 0) is 0 Å². The van der Waals surface area contributed by atoms with E-state index >= 15 is 0 Å². The third-order valence-corrected chi connectivity index (χ3v) is 4.52. The van der Waals surface area contributed by atoms with Gasteiger partial charge in [0.15, 0.2) is 5.65 Å². The van der Waals surface area contributed by atoms with Gasteiger partial charge in [-0.3, -0.25) is 0 Å². The predicted molar refractivity (Wildman–Crippen MR) is 94.3 cm³/mol. The molecule has 1 aliphatic heterocycles. The summed E-state index contributed by atoms with van der Waals surface area (Å²) in [5.41, 5.74) is 4.16. The highest BCUT2D eigenvalue weighted by molar-refractivity contribution is 5.63. The van der Waals surface area contributed by atoms with Crippen molar-refractivity contribution in [2.75, 3.05) is 20.1 Å². The van der Waals surface area contributed by atoms with Gasteiger partial charge in [0.2, 0.25) is 5.88 Å². The molecule has 0 aliphatic carbocycles. The van der Waals surface area contributed by atoms with Gasteiger partial charge in [0.25, 0.3) is 0 Å². The number of nitrogens with zero attached hydrogens (tertiary/aromatic N) is 4. The minimum Gasteiger partial charge on any atom is -0.472 e. The first-order chi connectivity index (χ1) is 11.7. The van der Waals surface area contributed by atoms with E-state index in [4.69, 9.17) is 4.74 Å². The normalized spacial score (nSPS) is 18.8. The second-order valence-electron chi connectivity index (χ2n) is 6.60. The van der Waals surface area contributed by atoms with E-state index in [1.54, 1.807) is 0 Å². The average molecular weight is 322 g/mol. The molecule has 0 N–H and O–H groups in total. The average Bonchev–Trinajstić information content (AvgIpc) is 2.98. The summed E-state index contributed by atoms with van der Waals surface area (Å²) in [6, 6.07) is 12.3. The van der Waals surface area contributed by atoms with E-state index < -0.39 is 0 Å². The van der Waals surface area contributed by atoms with E-state index in [-0.39, 0.29) is 6.10 Å². The second kappa shape index (κ2) is 6.24. The molecule has 124 valence electrons. The second-order valence-corrected chi connectivity index (χ2v) is 6.60. The van der Waals surface area contributed by atoms with Gasteiger partial charge in [-0.15, -0.1) is 5.10 Å². The maximum Gasteiger partial charge on any atom is 0.232 e. The molecule has 1 unspecified atom stereocenters. The Labute approximate surface area is 141 Å².